The maximum absolute atomic E-state index is 12.1. The molecule has 0 amide bonds. The molecule has 2 N–H and O–H groups in total. The molecule has 1 aliphatic carbocycles. The molecule has 0 bridgehead atoms. The highest BCUT2D eigenvalue weighted by Gasteiger charge is 2.31. The summed E-state index contributed by atoms with van der Waals surface area (Å²) in [7, 11) is -3.81. The molecular formula is C13H16F3NO4S. The summed E-state index contributed by atoms with van der Waals surface area (Å²) in [6, 6.07) is 3.74. The first-order valence-corrected chi connectivity index (χ1v) is 8.20. The van der Waals surface area contributed by atoms with Crippen molar-refractivity contribution in [2.45, 2.75) is 49.1 Å². The van der Waals surface area contributed by atoms with Gasteiger partial charge in [-0.15, -0.1) is 13.2 Å². The van der Waals surface area contributed by atoms with E-state index in [9.17, 15) is 26.7 Å². The Bertz CT molecular complexity index is 593. The van der Waals surface area contributed by atoms with Crippen molar-refractivity contribution < 1.29 is 31.4 Å². The Hall–Kier alpha value is -1.32. The van der Waals surface area contributed by atoms with E-state index < -0.39 is 28.2 Å². The van der Waals surface area contributed by atoms with Gasteiger partial charge >= 0.3 is 6.36 Å². The Labute approximate surface area is 126 Å². The topological polar surface area (TPSA) is 75.6 Å². The maximum Gasteiger partial charge on any atom is 0.573 e. The number of benzene rings is 1. The normalized spacial score (nSPS) is 23.3. The molecule has 0 heterocycles. The van der Waals surface area contributed by atoms with Gasteiger partial charge in [-0.1, -0.05) is 0 Å². The van der Waals surface area contributed by atoms with Crippen LogP contribution >= 0.6 is 0 Å². The standard InChI is InChI=1S/C13H16F3NO4S/c14-13(15,16)21-11-5-7-12(8-6-11)22(19,20)17-9-1-3-10(18)4-2-9/h5-10,17-18H,1-4H2. The Morgan fingerprint density at radius 3 is 2.14 bits per heavy atom. The summed E-state index contributed by atoms with van der Waals surface area (Å²) < 4.78 is 66.6. The molecule has 0 aliphatic heterocycles. The van der Waals surface area contributed by atoms with E-state index in [1.807, 2.05) is 0 Å². The van der Waals surface area contributed by atoms with E-state index in [1.165, 1.54) is 0 Å². The number of alkyl halides is 3. The van der Waals surface area contributed by atoms with Gasteiger partial charge in [0.2, 0.25) is 10.0 Å². The number of hydrogen-bond acceptors (Lipinski definition) is 4. The highest BCUT2D eigenvalue weighted by atomic mass is 32.2. The number of nitrogens with one attached hydrogen (secondary N) is 1. The summed E-state index contributed by atoms with van der Waals surface area (Å²) in [5.41, 5.74) is 0. The molecule has 5 nitrogen and oxygen atoms in total. The summed E-state index contributed by atoms with van der Waals surface area (Å²) >= 11 is 0. The summed E-state index contributed by atoms with van der Waals surface area (Å²) in [6.45, 7) is 0. The Morgan fingerprint density at radius 1 is 1.09 bits per heavy atom. The van der Waals surface area contributed by atoms with Crippen molar-refractivity contribution in [2.24, 2.45) is 0 Å². The smallest absolute Gasteiger partial charge is 0.406 e. The lowest BCUT2D eigenvalue weighted by atomic mass is 9.94. The van der Waals surface area contributed by atoms with E-state index in [0.717, 1.165) is 24.3 Å². The third kappa shape index (κ3) is 4.85. The summed E-state index contributed by atoms with van der Waals surface area (Å²) in [4.78, 5) is -0.131. The highest BCUT2D eigenvalue weighted by molar-refractivity contribution is 7.89. The molecule has 9 heteroatoms. The molecule has 1 aliphatic rings. The van der Waals surface area contributed by atoms with Gasteiger partial charge in [-0.3, -0.25) is 0 Å². The van der Waals surface area contributed by atoms with Gasteiger partial charge < -0.3 is 9.84 Å². The van der Waals surface area contributed by atoms with E-state index >= 15 is 0 Å². The van der Waals surface area contributed by atoms with Gasteiger partial charge in [0.05, 0.1) is 11.0 Å². The van der Waals surface area contributed by atoms with Crippen molar-refractivity contribution in [3.63, 3.8) is 0 Å². The minimum atomic E-state index is -4.82. The van der Waals surface area contributed by atoms with Crippen LogP contribution in [0, 0.1) is 0 Å². The molecule has 0 saturated heterocycles. The van der Waals surface area contributed by atoms with Crippen LogP contribution in [0.4, 0.5) is 13.2 Å². The van der Waals surface area contributed by atoms with Crippen LogP contribution < -0.4 is 9.46 Å². The number of aliphatic hydroxyl groups is 1. The average Bonchev–Trinajstić information content (AvgIpc) is 2.40. The van der Waals surface area contributed by atoms with E-state index in [2.05, 4.69) is 9.46 Å². The van der Waals surface area contributed by atoms with Crippen molar-refractivity contribution in [3.05, 3.63) is 24.3 Å². The maximum atomic E-state index is 12.1. The molecule has 1 saturated carbocycles. The molecule has 0 unspecified atom stereocenters. The van der Waals surface area contributed by atoms with Crippen LogP contribution in [0.25, 0.3) is 0 Å². The number of sulfonamides is 1. The highest BCUT2D eigenvalue weighted by Crippen LogP contribution is 2.25. The minimum absolute atomic E-state index is 0.131. The van der Waals surface area contributed by atoms with Gasteiger partial charge in [0, 0.05) is 6.04 Å². The monoisotopic (exact) mass is 339 g/mol. The zero-order valence-electron chi connectivity index (χ0n) is 11.5. The third-order valence-corrected chi connectivity index (χ3v) is 4.92. The summed E-state index contributed by atoms with van der Waals surface area (Å²) in [5, 5.41) is 9.38. The second-order valence-electron chi connectivity index (χ2n) is 5.15. The van der Waals surface area contributed by atoms with Gasteiger partial charge in [-0.2, -0.15) is 0 Å². The minimum Gasteiger partial charge on any atom is -0.406 e. The van der Waals surface area contributed by atoms with Crippen LogP contribution in [0.15, 0.2) is 29.2 Å². The molecule has 2 rings (SSSR count). The third-order valence-electron chi connectivity index (χ3n) is 3.39. The average molecular weight is 339 g/mol. The number of hydrogen-bond donors (Lipinski definition) is 2. The Kier molecular flexibility index (Phi) is 4.98. The number of ether oxygens (including phenoxy) is 1. The quantitative estimate of drug-likeness (QED) is 0.881. The van der Waals surface area contributed by atoms with E-state index in [1.54, 1.807) is 0 Å². The summed E-state index contributed by atoms with van der Waals surface area (Å²) in [5.74, 6) is -0.479. The van der Waals surface area contributed by atoms with Crippen molar-refractivity contribution in [2.75, 3.05) is 0 Å². The van der Waals surface area contributed by atoms with Gasteiger partial charge in [-0.05, 0) is 49.9 Å². The van der Waals surface area contributed by atoms with E-state index in [-0.39, 0.29) is 10.9 Å². The lowest BCUT2D eigenvalue weighted by Crippen LogP contribution is -2.38. The van der Waals surface area contributed by atoms with Crippen LogP contribution in [0.5, 0.6) is 5.75 Å². The first kappa shape index (κ1) is 17.0. The predicted octanol–water partition coefficient (Wildman–Crippen LogP) is 2.17. The van der Waals surface area contributed by atoms with E-state index in [4.69, 9.17) is 0 Å². The molecule has 0 aromatic heterocycles. The van der Waals surface area contributed by atoms with Gasteiger partial charge in [0.25, 0.3) is 0 Å². The number of aliphatic hydroxyl groups excluding tert-OH is 1. The van der Waals surface area contributed by atoms with Crippen LogP contribution in [0.3, 0.4) is 0 Å². The molecular weight excluding hydrogens is 323 g/mol. The fourth-order valence-electron chi connectivity index (χ4n) is 2.30. The van der Waals surface area contributed by atoms with Gasteiger partial charge in [0.15, 0.2) is 0 Å². The molecule has 0 atom stereocenters. The van der Waals surface area contributed by atoms with Crippen molar-refractivity contribution >= 4 is 10.0 Å². The molecule has 124 valence electrons. The van der Waals surface area contributed by atoms with Gasteiger partial charge in [0.1, 0.15) is 5.75 Å². The van der Waals surface area contributed by atoms with Crippen molar-refractivity contribution in [1.82, 2.24) is 4.72 Å². The largest absolute Gasteiger partial charge is 0.573 e. The number of rotatable bonds is 4. The lowest BCUT2D eigenvalue weighted by molar-refractivity contribution is -0.274. The van der Waals surface area contributed by atoms with Crippen LogP contribution in [-0.4, -0.2) is 32.0 Å². The zero-order chi connectivity index (χ0) is 16.4. The van der Waals surface area contributed by atoms with Gasteiger partial charge in [-0.25, -0.2) is 13.1 Å². The Balaban J connectivity index is 2.03. The molecule has 1 aromatic rings. The second kappa shape index (κ2) is 6.43. The fourth-order valence-corrected chi connectivity index (χ4v) is 3.61. The summed E-state index contributed by atoms with van der Waals surface area (Å²) in [6.07, 6.45) is -3.14. The van der Waals surface area contributed by atoms with Crippen molar-refractivity contribution in [1.29, 1.82) is 0 Å². The first-order chi connectivity index (χ1) is 10.2. The fraction of sp³-hybridized carbons (Fsp3) is 0.538. The predicted molar refractivity (Wildman–Crippen MR) is 71.7 cm³/mol. The van der Waals surface area contributed by atoms with Crippen LogP contribution in [0.2, 0.25) is 0 Å². The molecule has 0 radical (unpaired) electrons. The first-order valence-electron chi connectivity index (χ1n) is 6.72. The SMILES string of the molecule is O=S(=O)(NC1CCC(O)CC1)c1ccc(OC(F)(F)F)cc1. The van der Waals surface area contributed by atoms with Crippen LogP contribution in [-0.2, 0) is 10.0 Å². The zero-order valence-corrected chi connectivity index (χ0v) is 12.3. The van der Waals surface area contributed by atoms with Crippen LogP contribution in [0.1, 0.15) is 25.7 Å². The lowest BCUT2D eigenvalue weighted by Gasteiger charge is -2.26. The second-order valence-corrected chi connectivity index (χ2v) is 6.86. The molecule has 1 aromatic carbocycles. The van der Waals surface area contributed by atoms with Crippen molar-refractivity contribution in [3.8, 4) is 5.75 Å². The molecule has 22 heavy (non-hydrogen) atoms. The molecule has 1 fully saturated rings. The molecule has 0 spiro atoms. The number of halogens is 3. The Morgan fingerprint density at radius 2 is 1.64 bits per heavy atom. The van der Waals surface area contributed by atoms with E-state index in [0.29, 0.717) is 25.7 Å².